The van der Waals surface area contributed by atoms with E-state index in [0.717, 1.165) is 23.4 Å². The molecular formula is C12H15N3OS2. The summed E-state index contributed by atoms with van der Waals surface area (Å²) in [5, 5.41) is 16.4. The van der Waals surface area contributed by atoms with Crippen LogP contribution in [-0.2, 0) is 4.79 Å². The van der Waals surface area contributed by atoms with E-state index in [1.807, 2.05) is 0 Å². The highest BCUT2D eigenvalue weighted by atomic mass is 32.2. The van der Waals surface area contributed by atoms with E-state index in [4.69, 9.17) is 12.2 Å². The van der Waals surface area contributed by atoms with Gasteiger partial charge in [0.2, 0.25) is 5.91 Å². The third-order valence-electron chi connectivity index (χ3n) is 3.22. The quantitative estimate of drug-likeness (QED) is 0.720. The van der Waals surface area contributed by atoms with Gasteiger partial charge in [-0.25, -0.2) is 0 Å². The summed E-state index contributed by atoms with van der Waals surface area (Å²) in [6.07, 6.45) is 4.66. The van der Waals surface area contributed by atoms with Gasteiger partial charge < -0.3 is 10.6 Å². The smallest absolute Gasteiger partial charge is 0.222 e. The molecule has 1 fully saturated rings. The zero-order chi connectivity index (χ0) is 13.1. The predicted octanol–water partition coefficient (Wildman–Crippen LogP) is 2.04. The van der Waals surface area contributed by atoms with Crippen molar-refractivity contribution in [2.75, 3.05) is 0 Å². The lowest BCUT2D eigenvalue weighted by Gasteiger charge is -2.24. The highest BCUT2D eigenvalue weighted by molar-refractivity contribution is 8.04. The molecule has 0 aromatic carbocycles. The van der Waals surface area contributed by atoms with Crippen molar-refractivity contribution in [1.82, 2.24) is 10.6 Å². The summed E-state index contributed by atoms with van der Waals surface area (Å²) in [5.41, 5.74) is 0.803. The first-order chi connectivity index (χ1) is 8.61. The number of nitrogens with zero attached hydrogens (tertiary/aromatic N) is 1. The molecule has 0 bridgehead atoms. The van der Waals surface area contributed by atoms with Crippen molar-refractivity contribution in [3.05, 3.63) is 10.6 Å². The van der Waals surface area contributed by atoms with E-state index in [0.29, 0.717) is 11.2 Å². The molecule has 0 unspecified atom stereocenters. The number of rotatable bonds is 1. The minimum atomic E-state index is -0.202. The van der Waals surface area contributed by atoms with Gasteiger partial charge in [0.1, 0.15) is 0 Å². The van der Waals surface area contributed by atoms with Gasteiger partial charge in [-0.1, -0.05) is 12.8 Å². The van der Waals surface area contributed by atoms with Crippen LogP contribution in [0.4, 0.5) is 0 Å². The summed E-state index contributed by atoms with van der Waals surface area (Å²) in [4.78, 5) is 10.9. The summed E-state index contributed by atoms with van der Waals surface area (Å²) in [6.45, 7) is 1.41. The van der Waals surface area contributed by atoms with Crippen molar-refractivity contribution in [2.45, 2.75) is 37.9 Å². The number of amides is 1. The molecule has 6 heteroatoms. The first kappa shape index (κ1) is 13.4. The Balaban J connectivity index is 2.08. The monoisotopic (exact) mass is 281 g/mol. The number of fused-ring (bicyclic) bond motifs is 1. The molecule has 2 rings (SSSR count). The molecular weight excluding hydrogens is 266 g/mol. The number of nitriles is 1. The minimum absolute atomic E-state index is 0.202. The Labute approximate surface area is 116 Å². The van der Waals surface area contributed by atoms with E-state index >= 15 is 0 Å². The Hall–Kier alpha value is -1.06. The van der Waals surface area contributed by atoms with Crippen molar-refractivity contribution >= 4 is 35.0 Å². The lowest BCUT2D eigenvalue weighted by molar-refractivity contribution is -0.117. The van der Waals surface area contributed by atoms with Gasteiger partial charge in [0.25, 0.3) is 0 Å². The van der Waals surface area contributed by atoms with Crippen molar-refractivity contribution in [3.8, 4) is 6.07 Å². The van der Waals surface area contributed by atoms with Gasteiger partial charge in [0.05, 0.1) is 16.7 Å². The first-order valence-electron chi connectivity index (χ1n) is 6.01. The van der Waals surface area contributed by atoms with Gasteiger partial charge >= 0.3 is 0 Å². The second kappa shape index (κ2) is 5.72. The molecule has 0 saturated heterocycles. The van der Waals surface area contributed by atoms with E-state index < -0.39 is 0 Å². The Morgan fingerprint density at radius 1 is 1.50 bits per heavy atom. The maximum Gasteiger partial charge on any atom is 0.222 e. The molecule has 0 radical (unpaired) electrons. The number of hydrogen-bond donors (Lipinski definition) is 2. The van der Waals surface area contributed by atoms with Crippen molar-refractivity contribution in [3.63, 3.8) is 0 Å². The van der Waals surface area contributed by atoms with Crippen LogP contribution in [-0.4, -0.2) is 16.3 Å². The highest BCUT2D eigenvalue weighted by Gasteiger charge is 2.37. The van der Waals surface area contributed by atoms with Crippen molar-refractivity contribution in [1.29, 1.82) is 5.26 Å². The van der Waals surface area contributed by atoms with Gasteiger partial charge in [-0.05, 0) is 25.1 Å². The standard InChI is InChI=1S/C12H15N3OS2/c1-7(16)14-12(17)15-11-9(6-13)8-4-2-3-5-10(8)18-11/h8,10H,2-5H2,1H3,(H2,14,15,16,17)/t8-,10-/m1/s1. The molecule has 1 aliphatic heterocycles. The third kappa shape index (κ3) is 2.85. The van der Waals surface area contributed by atoms with Crippen LogP contribution in [0.25, 0.3) is 0 Å². The molecule has 1 heterocycles. The number of carbonyl (C=O) groups excluding carboxylic acids is 1. The summed E-state index contributed by atoms with van der Waals surface area (Å²) >= 11 is 6.72. The van der Waals surface area contributed by atoms with Crippen LogP contribution in [0.2, 0.25) is 0 Å². The third-order valence-corrected chi connectivity index (χ3v) is 4.85. The second-order valence-corrected chi connectivity index (χ2v) is 6.19. The molecule has 18 heavy (non-hydrogen) atoms. The number of hydrogen-bond acceptors (Lipinski definition) is 4. The highest BCUT2D eigenvalue weighted by Crippen LogP contribution is 2.47. The summed E-state index contributed by atoms with van der Waals surface area (Å²) in [5.74, 6) is 0.156. The lowest BCUT2D eigenvalue weighted by atomic mass is 9.84. The number of thioether (sulfide) groups is 1. The average molecular weight is 281 g/mol. The molecule has 0 aromatic rings. The Morgan fingerprint density at radius 3 is 2.89 bits per heavy atom. The lowest BCUT2D eigenvalue weighted by Crippen LogP contribution is -2.37. The normalized spacial score (nSPS) is 26.2. The molecule has 0 aromatic heterocycles. The van der Waals surface area contributed by atoms with Crippen molar-refractivity contribution in [2.24, 2.45) is 5.92 Å². The maximum atomic E-state index is 10.9. The molecule has 96 valence electrons. The van der Waals surface area contributed by atoms with Crippen LogP contribution in [0.3, 0.4) is 0 Å². The fraction of sp³-hybridized carbons (Fsp3) is 0.583. The maximum absolute atomic E-state index is 10.9. The largest absolute Gasteiger partial charge is 0.326 e. The van der Waals surface area contributed by atoms with Crippen LogP contribution in [0.1, 0.15) is 32.6 Å². The number of thiocarbonyl (C=S) groups is 1. The van der Waals surface area contributed by atoms with E-state index in [1.165, 1.54) is 19.8 Å². The second-order valence-electron chi connectivity index (χ2n) is 4.54. The van der Waals surface area contributed by atoms with E-state index in [1.54, 1.807) is 11.8 Å². The Kier molecular flexibility index (Phi) is 4.25. The predicted molar refractivity (Wildman–Crippen MR) is 75.5 cm³/mol. The van der Waals surface area contributed by atoms with Crippen LogP contribution in [0.15, 0.2) is 10.6 Å². The molecule has 1 amide bonds. The molecule has 2 N–H and O–H groups in total. The van der Waals surface area contributed by atoms with Crippen LogP contribution in [0, 0.1) is 17.2 Å². The fourth-order valence-corrected chi connectivity index (χ4v) is 4.30. The van der Waals surface area contributed by atoms with Crippen molar-refractivity contribution < 1.29 is 4.79 Å². The number of nitrogens with one attached hydrogen (secondary N) is 2. The zero-order valence-electron chi connectivity index (χ0n) is 10.2. The first-order valence-corrected chi connectivity index (χ1v) is 7.30. The Morgan fingerprint density at radius 2 is 2.22 bits per heavy atom. The van der Waals surface area contributed by atoms with Gasteiger partial charge in [-0.15, -0.1) is 11.8 Å². The van der Waals surface area contributed by atoms with Gasteiger partial charge in [-0.3, -0.25) is 4.79 Å². The molecule has 1 saturated carbocycles. The SMILES string of the molecule is CC(=O)NC(=S)NC1=C(C#N)[C@H]2CCCC[C@H]2S1. The topological polar surface area (TPSA) is 64.9 Å². The van der Waals surface area contributed by atoms with Gasteiger partial charge in [0, 0.05) is 18.1 Å². The van der Waals surface area contributed by atoms with Crippen LogP contribution < -0.4 is 10.6 Å². The molecule has 4 nitrogen and oxygen atoms in total. The fourth-order valence-electron chi connectivity index (χ4n) is 2.48. The van der Waals surface area contributed by atoms with Gasteiger partial charge in [0.15, 0.2) is 5.11 Å². The van der Waals surface area contributed by atoms with E-state index in [9.17, 15) is 10.1 Å². The number of allylic oxidation sites excluding steroid dienone is 1. The minimum Gasteiger partial charge on any atom is -0.326 e. The molecule has 0 spiro atoms. The molecule has 2 atom stereocenters. The van der Waals surface area contributed by atoms with E-state index in [2.05, 4.69) is 16.7 Å². The number of carbonyl (C=O) groups is 1. The van der Waals surface area contributed by atoms with Gasteiger partial charge in [-0.2, -0.15) is 5.26 Å². The Bertz CT molecular complexity index is 453. The summed E-state index contributed by atoms with van der Waals surface area (Å²) in [7, 11) is 0. The average Bonchev–Trinajstić information content (AvgIpc) is 2.64. The van der Waals surface area contributed by atoms with Crippen LogP contribution >= 0.6 is 24.0 Å². The molecule has 1 aliphatic carbocycles. The summed E-state index contributed by atoms with van der Waals surface area (Å²) in [6, 6.07) is 2.30. The van der Waals surface area contributed by atoms with Crippen LogP contribution in [0.5, 0.6) is 0 Å². The summed E-state index contributed by atoms with van der Waals surface area (Å²) < 4.78 is 0. The van der Waals surface area contributed by atoms with E-state index in [-0.39, 0.29) is 11.0 Å². The zero-order valence-corrected chi connectivity index (χ0v) is 11.8. The molecule has 2 aliphatic rings.